The first-order valence-corrected chi connectivity index (χ1v) is 8.42. The highest BCUT2D eigenvalue weighted by molar-refractivity contribution is 5.92. The monoisotopic (exact) mass is 350 g/mol. The van der Waals surface area contributed by atoms with E-state index in [0.29, 0.717) is 36.9 Å². The molecular weight excluding hydrogens is 332 g/mol. The largest absolute Gasteiger partial charge is 0.484 e. The number of oxazole rings is 1. The molecular formula is C19H18N4O3. The Labute approximate surface area is 150 Å². The van der Waals surface area contributed by atoms with Gasteiger partial charge in [0.25, 0.3) is 5.91 Å². The van der Waals surface area contributed by atoms with Crippen LogP contribution in [0.15, 0.2) is 47.1 Å². The molecule has 0 spiro atoms. The zero-order valence-electron chi connectivity index (χ0n) is 14.4. The zero-order valence-corrected chi connectivity index (χ0v) is 14.4. The van der Waals surface area contributed by atoms with Crippen LogP contribution in [-0.4, -0.2) is 32.3 Å². The number of aromatic nitrogens is 3. The summed E-state index contributed by atoms with van der Waals surface area (Å²) >= 11 is 0. The molecule has 1 aliphatic heterocycles. The maximum Gasteiger partial charge on any atom is 0.274 e. The van der Waals surface area contributed by atoms with E-state index in [2.05, 4.69) is 15.0 Å². The van der Waals surface area contributed by atoms with Gasteiger partial charge in [-0.25, -0.2) is 9.97 Å². The summed E-state index contributed by atoms with van der Waals surface area (Å²) in [5.41, 5.74) is 2.00. The van der Waals surface area contributed by atoms with E-state index in [4.69, 9.17) is 9.15 Å². The average molecular weight is 350 g/mol. The standard InChI is InChI=1S/C19H18N4O3/c1-13-9-21-16(10-20-13)19(24)23-8-7-15-17(11-23)26-18(22-15)12-25-14-5-3-2-4-6-14/h2-6,9-10H,7-8,11-12H2,1H3. The van der Waals surface area contributed by atoms with Crippen molar-refractivity contribution in [2.75, 3.05) is 6.54 Å². The van der Waals surface area contributed by atoms with Gasteiger partial charge < -0.3 is 14.1 Å². The van der Waals surface area contributed by atoms with Crippen molar-refractivity contribution >= 4 is 5.91 Å². The number of benzene rings is 1. The molecule has 0 fully saturated rings. The molecule has 0 aliphatic carbocycles. The number of fused-ring (bicyclic) bond motifs is 1. The minimum atomic E-state index is -0.151. The Balaban J connectivity index is 1.43. The van der Waals surface area contributed by atoms with Gasteiger partial charge in [-0.2, -0.15) is 0 Å². The lowest BCUT2D eigenvalue weighted by Crippen LogP contribution is -2.36. The SMILES string of the molecule is Cc1cnc(C(=O)N2CCc3nc(COc4ccccc4)oc3C2)cn1. The number of rotatable bonds is 4. The second-order valence-corrected chi connectivity index (χ2v) is 6.10. The third kappa shape index (κ3) is 3.42. The Bertz CT molecular complexity index is 906. The normalized spacial score (nSPS) is 13.3. The molecule has 4 rings (SSSR count). The van der Waals surface area contributed by atoms with Gasteiger partial charge in [0.05, 0.1) is 24.1 Å². The van der Waals surface area contributed by atoms with Crippen LogP contribution in [0.1, 0.15) is 33.5 Å². The molecule has 7 heteroatoms. The predicted octanol–water partition coefficient (Wildman–Crippen LogP) is 2.55. The lowest BCUT2D eigenvalue weighted by molar-refractivity contribution is 0.0711. The number of para-hydroxylation sites is 1. The first-order valence-electron chi connectivity index (χ1n) is 8.42. The highest BCUT2D eigenvalue weighted by atomic mass is 16.5. The number of carbonyl (C=O) groups is 1. The lowest BCUT2D eigenvalue weighted by atomic mass is 10.1. The summed E-state index contributed by atoms with van der Waals surface area (Å²) in [6.45, 7) is 3.05. The molecule has 0 atom stereocenters. The molecule has 0 unspecified atom stereocenters. The number of nitrogens with zero attached hydrogens (tertiary/aromatic N) is 4. The van der Waals surface area contributed by atoms with Gasteiger partial charge in [-0.1, -0.05) is 18.2 Å². The fraction of sp³-hybridized carbons (Fsp3) is 0.263. The highest BCUT2D eigenvalue weighted by Crippen LogP contribution is 2.22. The predicted molar refractivity (Wildman–Crippen MR) is 92.5 cm³/mol. The molecule has 3 heterocycles. The van der Waals surface area contributed by atoms with Gasteiger partial charge in [-0.15, -0.1) is 0 Å². The van der Waals surface area contributed by atoms with Crippen LogP contribution >= 0.6 is 0 Å². The van der Waals surface area contributed by atoms with Gasteiger partial charge >= 0.3 is 0 Å². The molecule has 26 heavy (non-hydrogen) atoms. The molecule has 0 radical (unpaired) electrons. The summed E-state index contributed by atoms with van der Waals surface area (Å²) in [6.07, 6.45) is 3.75. The van der Waals surface area contributed by atoms with Crippen LogP contribution in [0.3, 0.4) is 0 Å². The Kier molecular flexibility index (Phi) is 4.35. The second kappa shape index (κ2) is 6.95. The summed E-state index contributed by atoms with van der Waals surface area (Å²) in [5, 5.41) is 0. The summed E-state index contributed by atoms with van der Waals surface area (Å²) < 4.78 is 11.5. The minimum Gasteiger partial charge on any atom is -0.484 e. The van der Waals surface area contributed by atoms with Crippen molar-refractivity contribution in [3.8, 4) is 5.75 Å². The first-order chi connectivity index (χ1) is 12.7. The fourth-order valence-electron chi connectivity index (χ4n) is 2.81. The Morgan fingerprint density at radius 1 is 1.23 bits per heavy atom. The van der Waals surface area contributed by atoms with Crippen molar-refractivity contribution in [1.29, 1.82) is 0 Å². The average Bonchev–Trinajstić information content (AvgIpc) is 3.09. The Hall–Kier alpha value is -3.22. The number of hydrogen-bond acceptors (Lipinski definition) is 6. The van der Waals surface area contributed by atoms with E-state index in [9.17, 15) is 4.79 Å². The number of amides is 1. The van der Waals surface area contributed by atoms with E-state index in [1.807, 2.05) is 37.3 Å². The molecule has 2 aromatic heterocycles. The number of carbonyl (C=O) groups excluding carboxylic acids is 1. The molecule has 1 amide bonds. The maximum absolute atomic E-state index is 12.6. The quantitative estimate of drug-likeness (QED) is 0.719. The van der Waals surface area contributed by atoms with Crippen molar-refractivity contribution in [2.24, 2.45) is 0 Å². The summed E-state index contributed by atoms with van der Waals surface area (Å²) in [7, 11) is 0. The molecule has 0 saturated heterocycles. The third-order valence-corrected chi connectivity index (χ3v) is 4.17. The Morgan fingerprint density at radius 2 is 2.08 bits per heavy atom. The van der Waals surface area contributed by atoms with E-state index in [0.717, 1.165) is 17.1 Å². The van der Waals surface area contributed by atoms with Crippen LogP contribution in [0.5, 0.6) is 5.75 Å². The maximum atomic E-state index is 12.6. The van der Waals surface area contributed by atoms with E-state index in [-0.39, 0.29) is 12.5 Å². The number of aryl methyl sites for hydroxylation is 1. The number of hydrogen-bond donors (Lipinski definition) is 0. The van der Waals surface area contributed by atoms with Crippen molar-refractivity contribution in [2.45, 2.75) is 26.5 Å². The van der Waals surface area contributed by atoms with Crippen molar-refractivity contribution in [3.05, 3.63) is 71.5 Å². The summed E-state index contributed by atoms with van der Waals surface area (Å²) in [4.78, 5) is 27.1. The summed E-state index contributed by atoms with van der Waals surface area (Å²) in [5.74, 6) is 1.83. The highest BCUT2D eigenvalue weighted by Gasteiger charge is 2.27. The molecule has 0 saturated carbocycles. The smallest absolute Gasteiger partial charge is 0.274 e. The molecule has 132 valence electrons. The topological polar surface area (TPSA) is 81.4 Å². The van der Waals surface area contributed by atoms with Crippen LogP contribution in [0.2, 0.25) is 0 Å². The van der Waals surface area contributed by atoms with Crippen LogP contribution in [0, 0.1) is 6.92 Å². The van der Waals surface area contributed by atoms with E-state index < -0.39 is 0 Å². The second-order valence-electron chi connectivity index (χ2n) is 6.10. The van der Waals surface area contributed by atoms with Gasteiger partial charge in [-0.05, 0) is 19.1 Å². The zero-order chi connectivity index (χ0) is 17.9. The lowest BCUT2D eigenvalue weighted by Gasteiger charge is -2.24. The molecule has 7 nitrogen and oxygen atoms in total. The summed E-state index contributed by atoms with van der Waals surface area (Å²) in [6, 6.07) is 9.51. The van der Waals surface area contributed by atoms with E-state index in [1.165, 1.54) is 6.20 Å². The van der Waals surface area contributed by atoms with Crippen LogP contribution in [0.25, 0.3) is 0 Å². The van der Waals surface area contributed by atoms with Gasteiger partial charge in [0.15, 0.2) is 6.61 Å². The molecule has 0 N–H and O–H groups in total. The van der Waals surface area contributed by atoms with Crippen molar-refractivity contribution in [1.82, 2.24) is 19.9 Å². The minimum absolute atomic E-state index is 0.151. The number of ether oxygens (including phenoxy) is 1. The molecule has 3 aromatic rings. The first kappa shape index (κ1) is 16.3. The van der Waals surface area contributed by atoms with Crippen molar-refractivity contribution < 1.29 is 13.9 Å². The van der Waals surface area contributed by atoms with Gasteiger partial charge in [0, 0.05) is 19.2 Å². The van der Waals surface area contributed by atoms with Gasteiger partial charge in [0.2, 0.25) is 5.89 Å². The van der Waals surface area contributed by atoms with Crippen LogP contribution < -0.4 is 4.74 Å². The van der Waals surface area contributed by atoms with E-state index >= 15 is 0 Å². The fourth-order valence-corrected chi connectivity index (χ4v) is 2.81. The molecule has 1 aliphatic rings. The van der Waals surface area contributed by atoms with Crippen LogP contribution in [0.4, 0.5) is 0 Å². The third-order valence-electron chi connectivity index (χ3n) is 4.17. The van der Waals surface area contributed by atoms with E-state index in [1.54, 1.807) is 11.1 Å². The van der Waals surface area contributed by atoms with Crippen molar-refractivity contribution in [3.63, 3.8) is 0 Å². The van der Waals surface area contributed by atoms with Crippen LogP contribution in [-0.2, 0) is 19.6 Å². The van der Waals surface area contributed by atoms with Gasteiger partial charge in [-0.3, -0.25) is 9.78 Å². The molecule has 0 bridgehead atoms. The molecule has 1 aromatic carbocycles. The van der Waals surface area contributed by atoms with Gasteiger partial charge in [0.1, 0.15) is 17.2 Å². The Morgan fingerprint density at radius 3 is 2.85 bits per heavy atom.